The van der Waals surface area contributed by atoms with Crippen molar-refractivity contribution < 1.29 is 0 Å². The summed E-state index contributed by atoms with van der Waals surface area (Å²) >= 11 is 5.89. The molecule has 1 fully saturated rings. The van der Waals surface area contributed by atoms with Crippen molar-refractivity contribution in [1.29, 1.82) is 0 Å². The highest BCUT2D eigenvalue weighted by Crippen LogP contribution is 2.27. The number of hydrogen-bond acceptors (Lipinski definition) is 3. The molecule has 0 radical (unpaired) electrons. The zero-order valence-electron chi connectivity index (χ0n) is 9.18. The second-order valence-electron chi connectivity index (χ2n) is 4.27. The maximum Gasteiger partial charge on any atom is 0.155 e. The van der Waals surface area contributed by atoms with Gasteiger partial charge < -0.3 is 5.32 Å². The molecule has 1 aliphatic rings. The molecule has 1 aliphatic carbocycles. The van der Waals surface area contributed by atoms with Crippen molar-refractivity contribution in [1.82, 2.24) is 10.2 Å². The molecule has 2 rings (SSSR count). The summed E-state index contributed by atoms with van der Waals surface area (Å²) in [6.07, 6.45) is 4.05. The maximum absolute atomic E-state index is 5.89. The summed E-state index contributed by atoms with van der Waals surface area (Å²) < 4.78 is 0. The molecule has 0 amide bonds. The molecular weight excluding hydrogens is 210 g/mol. The zero-order chi connectivity index (χ0) is 10.8. The van der Waals surface area contributed by atoms with E-state index in [0.29, 0.717) is 5.15 Å². The normalized spacial score (nSPS) is 16.2. The number of nitrogens with zero attached hydrogens (tertiary/aromatic N) is 2. The van der Waals surface area contributed by atoms with Crippen LogP contribution >= 0.6 is 11.6 Å². The molecule has 0 atom stereocenters. The summed E-state index contributed by atoms with van der Waals surface area (Å²) in [5.41, 5.74) is 2.12. The molecule has 0 aromatic carbocycles. The van der Waals surface area contributed by atoms with E-state index < -0.39 is 0 Å². The topological polar surface area (TPSA) is 37.8 Å². The fraction of sp³-hybridized carbons (Fsp3) is 0.636. The monoisotopic (exact) mass is 225 g/mol. The van der Waals surface area contributed by atoms with Gasteiger partial charge in [-0.3, -0.25) is 0 Å². The highest BCUT2D eigenvalue weighted by atomic mass is 35.5. The standard InChI is InChI=1S/C11H16ClN3/c1-7-8(2)11(15-14-10(7)12)13-6-9-4-3-5-9/h9H,3-6H2,1-2H3,(H,13,15). The van der Waals surface area contributed by atoms with E-state index in [0.717, 1.165) is 29.4 Å². The van der Waals surface area contributed by atoms with Gasteiger partial charge in [0.1, 0.15) is 0 Å². The Balaban J connectivity index is 2.04. The molecular formula is C11H16ClN3. The third-order valence-corrected chi connectivity index (χ3v) is 3.61. The van der Waals surface area contributed by atoms with Crippen LogP contribution in [0.4, 0.5) is 5.82 Å². The maximum atomic E-state index is 5.89. The minimum Gasteiger partial charge on any atom is -0.368 e. The molecule has 0 bridgehead atoms. The minimum atomic E-state index is 0.502. The largest absolute Gasteiger partial charge is 0.368 e. The third kappa shape index (κ3) is 2.23. The van der Waals surface area contributed by atoms with Gasteiger partial charge in [0.2, 0.25) is 0 Å². The van der Waals surface area contributed by atoms with Crippen LogP contribution in [0.3, 0.4) is 0 Å². The fourth-order valence-corrected chi connectivity index (χ4v) is 1.86. The van der Waals surface area contributed by atoms with Crippen LogP contribution in [0.1, 0.15) is 30.4 Å². The summed E-state index contributed by atoms with van der Waals surface area (Å²) in [4.78, 5) is 0. The summed E-state index contributed by atoms with van der Waals surface area (Å²) in [5, 5.41) is 11.8. The molecule has 1 N–H and O–H groups in total. The van der Waals surface area contributed by atoms with E-state index in [1.807, 2.05) is 13.8 Å². The van der Waals surface area contributed by atoms with Crippen molar-refractivity contribution in [2.24, 2.45) is 5.92 Å². The highest BCUT2D eigenvalue weighted by Gasteiger charge is 2.17. The van der Waals surface area contributed by atoms with E-state index >= 15 is 0 Å². The Morgan fingerprint density at radius 1 is 1.27 bits per heavy atom. The van der Waals surface area contributed by atoms with Crippen LogP contribution in [-0.4, -0.2) is 16.7 Å². The Morgan fingerprint density at radius 3 is 2.60 bits per heavy atom. The van der Waals surface area contributed by atoms with E-state index in [1.54, 1.807) is 0 Å². The number of nitrogens with one attached hydrogen (secondary N) is 1. The first kappa shape index (κ1) is 10.7. The first-order valence-electron chi connectivity index (χ1n) is 5.41. The van der Waals surface area contributed by atoms with Crippen LogP contribution in [0.25, 0.3) is 0 Å². The molecule has 4 heteroatoms. The molecule has 3 nitrogen and oxygen atoms in total. The van der Waals surface area contributed by atoms with Gasteiger partial charge in [0, 0.05) is 6.54 Å². The van der Waals surface area contributed by atoms with E-state index in [1.165, 1.54) is 19.3 Å². The van der Waals surface area contributed by atoms with Gasteiger partial charge in [0.05, 0.1) is 0 Å². The van der Waals surface area contributed by atoms with E-state index in [9.17, 15) is 0 Å². The smallest absolute Gasteiger partial charge is 0.155 e. The Labute approximate surface area is 95.2 Å². The molecule has 0 saturated heterocycles. The van der Waals surface area contributed by atoms with Gasteiger partial charge in [-0.2, -0.15) is 0 Å². The van der Waals surface area contributed by atoms with Crippen molar-refractivity contribution in [3.05, 3.63) is 16.3 Å². The number of aromatic nitrogens is 2. The molecule has 0 spiro atoms. The first-order chi connectivity index (χ1) is 7.18. The van der Waals surface area contributed by atoms with Crippen molar-refractivity contribution in [2.45, 2.75) is 33.1 Å². The average molecular weight is 226 g/mol. The predicted molar refractivity (Wildman–Crippen MR) is 62.3 cm³/mol. The summed E-state index contributed by atoms with van der Waals surface area (Å²) in [6, 6.07) is 0. The zero-order valence-corrected chi connectivity index (χ0v) is 9.93. The third-order valence-electron chi connectivity index (χ3n) is 3.25. The van der Waals surface area contributed by atoms with Gasteiger partial charge in [-0.25, -0.2) is 0 Å². The van der Waals surface area contributed by atoms with Crippen molar-refractivity contribution in [2.75, 3.05) is 11.9 Å². The quantitative estimate of drug-likeness (QED) is 0.860. The number of halogens is 1. The molecule has 1 aromatic heterocycles. The second kappa shape index (κ2) is 4.35. The average Bonchev–Trinajstić information content (AvgIpc) is 2.15. The summed E-state index contributed by atoms with van der Waals surface area (Å²) in [7, 11) is 0. The summed E-state index contributed by atoms with van der Waals surface area (Å²) in [5.74, 6) is 1.70. The number of rotatable bonds is 3. The Morgan fingerprint density at radius 2 is 2.00 bits per heavy atom. The molecule has 1 aromatic rings. The Hall–Kier alpha value is -0.830. The second-order valence-corrected chi connectivity index (χ2v) is 4.63. The van der Waals surface area contributed by atoms with Gasteiger partial charge in [0.25, 0.3) is 0 Å². The van der Waals surface area contributed by atoms with Crippen LogP contribution in [0.15, 0.2) is 0 Å². The van der Waals surface area contributed by atoms with E-state index in [2.05, 4.69) is 15.5 Å². The van der Waals surface area contributed by atoms with Crippen molar-refractivity contribution in [3.8, 4) is 0 Å². The molecule has 0 unspecified atom stereocenters. The SMILES string of the molecule is Cc1c(Cl)nnc(NCC2CCC2)c1C. The Bertz CT molecular complexity index is 361. The van der Waals surface area contributed by atoms with Gasteiger partial charge in [-0.1, -0.05) is 18.0 Å². The lowest BCUT2D eigenvalue weighted by molar-refractivity contribution is 0.333. The Kier molecular flexibility index (Phi) is 3.10. The van der Waals surface area contributed by atoms with Gasteiger partial charge in [-0.15, -0.1) is 10.2 Å². The summed E-state index contributed by atoms with van der Waals surface area (Å²) in [6.45, 7) is 5.01. The van der Waals surface area contributed by atoms with Gasteiger partial charge in [0.15, 0.2) is 11.0 Å². The molecule has 0 aliphatic heterocycles. The number of hydrogen-bond donors (Lipinski definition) is 1. The number of anilines is 1. The highest BCUT2D eigenvalue weighted by molar-refractivity contribution is 6.30. The van der Waals surface area contributed by atoms with Crippen molar-refractivity contribution >= 4 is 17.4 Å². The predicted octanol–water partition coefficient (Wildman–Crippen LogP) is 2.96. The molecule has 1 heterocycles. The van der Waals surface area contributed by atoms with Crippen LogP contribution in [0.2, 0.25) is 5.15 Å². The lowest BCUT2D eigenvalue weighted by Crippen LogP contribution is -2.22. The van der Waals surface area contributed by atoms with Crippen LogP contribution in [-0.2, 0) is 0 Å². The lowest BCUT2D eigenvalue weighted by Gasteiger charge is -2.25. The first-order valence-corrected chi connectivity index (χ1v) is 5.79. The van der Waals surface area contributed by atoms with Crippen molar-refractivity contribution in [3.63, 3.8) is 0 Å². The van der Waals surface area contributed by atoms with Crippen LogP contribution in [0.5, 0.6) is 0 Å². The lowest BCUT2D eigenvalue weighted by atomic mass is 9.85. The van der Waals surface area contributed by atoms with E-state index in [-0.39, 0.29) is 0 Å². The molecule has 82 valence electrons. The van der Waals surface area contributed by atoms with Crippen LogP contribution in [0, 0.1) is 19.8 Å². The minimum absolute atomic E-state index is 0.502. The molecule has 1 saturated carbocycles. The molecule has 15 heavy (non-hydrogen) atoms. The van der Waals surface area contributed by atoms with Gasteiger partial charge >= 0.3 is 0 Å². The van der Waals surface area contributed by atoms with Gasteiger partial charge in [-0.05, 0) is 43.7 Å². The van der Waals surface area contributed by atoms with Crippen LogP contribution < -0.4 is 5.32 Å². The fourth-order valence-electron chi connectivity index (χ4n) is 1.68. The van der Waals surface area contributed by atoms with E-state index in [4.69, 9.17) is 11.6 Å².